The largest absolute Gasteiger partial charge is 0.356 e. The fourth-order valence-corrected chi connectivity index (χ4v) is 2.24. The van der Waals surface area contributed by atoms with Crippen molar-refractivity contribution in [3.63, 3.8) is 0 Å². The lowest BCUT2D eigenvalue weighted by molar-refractivity contribution is -0.124. The molecule has 5 heteroatoms. The minimum absolute atomic E-state index is 0.0748. The topological polar surface area (TPSA) is 61.6 Å². The number of rotatable bonds is 7. The Kier molecular flexibility index (Phi) is 7.34. The molecule has 0 bridgehead atoms. The lowest BCUT2D eigenvalue weighted by atomic mass is 10.0. The summed E-state index contributed by atoms with van der Waals surface area (Å²) in [6, 6.07) is -0.0814. The molecule has 0 radical (unpaired) electrons. The van der Waals surface area contributed by atoms with E-state index in [1.807, 2.05) is 13.8 Å². The number of carbonyl (C=O) groups is 1. The molecule has 2 unspecified atom stereocenters. The zero-order valence-electron chi connectivity index (χ0n) is 12.7. The van der Waals surface area contributed by atoms with Gasteiger partial charge in [0, 0.05) is 44.7 Å². The quantitative estimate of drug-likeness (QED) is 0.645. The van der Waals surface area contributed by atoms with Crippen LogP contribution in [-0.4, -0.2) is 67.6 Å². The highest BCUT2D eigenvalue weighted by atomic mass is 16.1. The Labute approximate surface area is 117 Å². The Balaban J connectivity index is 2.07. The predicted octanol–water partition coefficient (Wildman–Crippen LogP) is 0.114. The van der Waals surface area contributed by atoms with Gasteiger partial charge < -0.3 is 20.9 Å². The van der Waals surface area contributed by atoms with Gasteiger partial charge in [-0.2, -0.15) is 0 Å². The number of nitrogens with two attached hydrogens (primary N) is 1. The standard InChI is InChI=1S/C14H30N4O/c1-4-17-8-10-18(11-9-17)7-5-6-16-14(19)12(2)13(3)15/h12-13H,4-11,15H2,1-3H3,(H,16,19). The van der Waals surface area contributed by atoms with Gasteiger partial charge in [0.15, 0.2) is 0 Å². The van der Waals surface area contributed by atoms with Crippen LogP contribution in [0.4, 0.5) is 0 Å². The van der Waals surface area contributed by atoms with Gasteiger partial charge in [0.05, 0.1) is 0 Å². The van der Waals surface area contributed by atoms with E-state index in [1.165, 1.54) is 13.1 Å². The van der Waals surface area contributed by atoms with Crippen molar-refractivity contribution in [2.24, 2.45) is 11.7 Å². The van der Waals surface area contributed by atoms with Gasteiger partial charge in [-0.15, -0.1) is 0 Å². The van der Waals surface area contributed by atoms with Crippen LogP contribution in [0.1, 0.15) is 27.2 Å². The van der Waals surface area contributed by atoms with E-state index in [0.717, 1.165) is 39.1 Å². The van der Waals surface area contributed by atoms with Gasteiger partial charge in [0.1, 0.15) is 0 Å². The summed E-state index contributed by atoms with van der Waals surface area (Å²) in [6.07, 6.45) is 1.02. The first-order valence-electron chi connectivity index (χ1n) is 7.52. The van der Waals surface area contributed by atoms with Crippen molar-refractivity contribution in [3.8, 4) is 0 Å². The summed E-state index contributed by atoms with van der Waals surface area (Å²) in [4.78, 5) is 16.7. The maximum absolute atomic E-state index is 11.7. The van der Waals surface area contributed by atoms with Crippen molar-refractivity contribution >= 4 is 5.91 Å². The van der Waals surface area contributed by atoms with Gasteiger partial charge in [-0.1, -0.05) is 13.8 Å². The third kappa shape index (κ3) is 5.89. The van der Waals surface area contributed by atoms with Gasteiger partial charge in [-0.3, -0.25) is 4.79 Å². The molecule has 1 rings (SSSR count). The van der Waals surface area contributed by atoms with Crippen molar-refractivity contribution in [1.82, 2.24) is 15.1 Å². The number of piperazine rings is 1. The van der Waals surface area contributed by atoms with Gasteiger partial charge in [-0.25, -0.2) is 0 Å². The maximum atomic E-state index is 11.7. The molecule has 0 aromatic rings. The molecule has 0 saturated carbocycles. The summed E-state index contributed by atoms with van der Waals surface area (Å²) in [7, 11) is 0. The molecule has 1 aliphatic heterocycles. The van der Waals surface area contributed by atoms with Gasteiger partial charge >= 0.3 is 0 Å². The molecule has 0 aromatic carbocycles. The first-order valence-corrected chi connectivity index (χ1v) is 7.52. The smallest absolute Gasteiger partial charge is 0.224 e. The zero-order chi connectivity index (χ0) is 14.3. The van der Waals surface area contributed by atoms with Crippen molar-refractivity contribution in [1.29, 1.82) is 0 Å². The Morgan fingerprint density at radius 1 is 1.21 bits per heavy atom. The molecule has 1 fully saturated rings. The van der Waals surface area contributed by atoms with E-state index < -0.39 is 0 Å². The number of nitrogens with one attached hydrogen (secondary N) is 1. The second-order valence-electron chi connectivity index (χ2n) is 5.57. The van der Waals surface area contributed by atoms with Crippen LogP contribution in [0.2, 0.25) is 0 Å². The van der Waals surface area contributed by atoms with E-state index in [-0.39, 0.29) is 17.9 Å². The Hall–Kier alpha value is -0.650. The third-order valence-corrected chi connectivity index (χ3v) is 4.06. The lowest BCUT2D eigenvalue weighted by Gasteiger charge is -2.34. The minimum Gasteiger partial charge on any atom is -0.356 e. The molecule has 3 N–H and O–H groups in total. The van der Waals surface area contributed by atoms with Crippen LogP contribution in [-0.2, 0) is 4.79 Å². The number of amides is 1. The second-order valence-corrected chi connectivity index (χ2v) is 5.57. The van der Waals surface area contributed by atoms with Crippen LogP contribution < -0.4 is 11.1 Å². The van der Waals surface area contributed by atoms with E-state index in [2.05, 4.69) is 22.0 Å². The highest BCUT2D eigenvalue weighted by Crippen LogP contribution is 2.02. The highest BCUT2D eigenvalue weighted by Gasteiger charge is 2.17. The predicted molar refractivity (Wildman–Crippen MR) is 79.0 cm³/mol. The monoisotopic (exact) mass is 270 g/mol. The Morgan fingerprint density at radius 2 is 1.79 bits per heavy atom. The molecule has 112 valence electrons. The van der Waals surface area contributed by atoms with Crippen molar-refractivity contribution in [3.05, 3.63) is 0 Å². The van der Waals surface area contributed by atoms with Gasteiger partial charge in [-0.05, 0) is 26.4 Å². The van der Waals surface area contributed by atoms with Crippen LogP contribution in [0.5, 0.6) is 0 Å². The van der Waals surface area contributed by atoms with Crippen LogP contribution in [0, 0.1) is 5.92 Å². The number of nitrogens with zero attached hydrogens (tertiary/aromatic N) is 2. The van der Waals surface area contributed by atoms with E-state index in [1.54, 1.807) is 0 Å². The second kappa shape index (κ2) is 8.51. The molecule has 1 heterocycles. The lowest BCUT2D eigenvalue weighted by Crippen LogP contribution is -2.46. The van der Waals surface area contributed by atoms with Crippen molar-refractivity contribution in [2.45, 2.75) is 33.2 Å². The molecule has 19 heavy (non-hydrogen) atoms. The summed E-state index contributed by atoms with van der Waals surface area (Å²) in [5.74, 6) is -0.0288. The van der Waals surface area contributed by atoms with Crippen LogP contribution in [0.15, 0.2) is 0 Å². The SMILES string of the molecule is CCN1CCN(CCCNC(=O)C(C)C(C)N)CC1. The average molecular weight is 270 g/mol. The number of hydrogen-bond donors (Lipinski definition) is 2. The van der Waals surface area contributed by atoms with Crippen molar-refractivity contribution < 1.29 is 4.79 Å². The molecule has 0 aromatic heterocycles. The summed E-state index contributed by atoms with van der Waals surface area (Å²) < 4.78 is 0. The first-order chi connectivity index (χ1) is 9.04. The number of hydrogen-bond acceptors (Lipinski definition) is 4. The van der Waals surface area contributed by atoms with E-state index in [4.69, 9.17) is 5.73 Å². The average Bonchev–Trinajstić information content (AvgIpc) is 2.43. The summed E-state index contributed by atoms with van der Waals surface area (Å²) in [6.45, 7) is 13.6. The van der Waals surface area contributed by atoms with E-state index in [9.17, 15) is 4.79 Å². The maximum Gasteiger partial charge on any atom is 0.224 e. The number of likely N-dealkylation sites (N-methyl/N-ethyl adjacent to an activating group) is 1. The van der Waals surface area contributed by atoms with E-state index >= 15 is 0 Å². The van der Waals surface area contributed by atoms with Crippen LogP contribution >= 0.6 is 0 Å². The molecule has 1 aliphatic rings. The fraction of sp³-hybridized carbons (Fsp3) is 0.929. The Bertz CT molecular complexity index is 262. The fourth-order valence-electron chi connectivity index (χ4n) is 2.24. The third-order valence-electron chi connectivity index (χ3n) is 4.06. The molecule has 2 atom stereocenters. The van der Waals surface area contributed by atoms with Gasteiger partial charge in [0.25, 0.3) is 0 Å². The summed E-state index contributed by atoms with van der Waals surface area (Å²) in [5.41, 5.74) is 5.71. The molecule has 0 aliphatic carbocycles. The minimum atomic E-state index is -0.104. The highest BCUT2D eigenvalue weighted by molar-refractivity contribution is 5.78. The summed E-state index contributed by atoms with van der Waals surface area (Å²) in [5, 5.41) is 2.97. The Morgan fingerprint density at radius 3 is 2.32 bits per heavy atom. The normalized spacial score (nSPS) is 21.1. The van der Waals surface area contributed by atoms with Gasteiger partial charge in [0.2, 0.25) is 5.91 Å². The zero-order valence-corrected chi connectivity index (χ0v) is 12.7. The van der Waals surface area contributed by atoms with Crippen molar-refractivity contribution in [2.75, 3.05) is 45.8 Å². The van der Waals surface area contributed by atoms with E-state index in [0.29, 0.717) is 0 Å². The molecule has 1 saturated heterocycles. The molecule has 0 spiro atoms. The molecular weight excluding hydrogens is 240 g/mol. The number of carbonyl (C=O) groups excluding carboxylic acids is 1. The van der Waals surface area contributed by atoms with Crippen LogP contribution in [0.3, 0.4) is 0 Å². The van der Waals surface area contributed by atoms with Crippen LogP contribution in [0.25, 0.3) is 0 Å². The molecular formula is C14H30N4O. The molecule has 5 nitrogen and oxygen atoms in total. The summed E-state index contributed by atoms with van der Waals surface area (Å²) >= 11 is 0. The molecule has 1 amide bonds. The first kappa shape index (κ1) is 16.4.